The zero-order chi connectivity index (χ0) is 29.5. The van der Waals surface area contributed by atoms with Crippen LogP contribution in [0.5, 0.6) is 0 Å². The van der Waals surface area contributed by atoms with Crippen LogP contribution in [-0.4, -0.2) is 14.1 Å². The minimum Gasteiger partial charge on any atom is -0.456 e. The summed E-state index contributed by atoms with van der Waals surface area (Å²) in [6.07, 6.45) is 1.92. The van der Waals surface area contributed by atoms with Crippen LogP contribution >= 0.6 is 0 Å². The number of hydrogen-bond donors (Lipinski definition) is 0. The van der Waals surface area contributed by atoms with Gasteiger partial charge in [-0.15, -0.1) is 0 Å². The molecule has 0 amide bonds. The summed E-state index contributed by atoms with van der Waals surface area (Å²) in [4.78, 5) is 4.72. The van der Waals surface area contributed by atoms with Crippen LogP contribution < -0.4 is 0 Å². The van der Waals surface area contributed by atoms with Crippen LogP contribution in [-0.2, 0) is 0 Å². The Morgan fingerprint density at radius 2 is 1.00 bits per heavy atom. The van der Waals surface area contributed by atoms with Crippen molar-refractivity contribution < 1.29 is 4.42 Å². The van der Waals surface area contributed by atoms with E-state index in [0.29, 0.717) is 0 Å². The van der Waals surface area contributed by atoms with Gasteiger partial charge in [0.05, 0.1) is 27.8 Å². The molecule has 0 aliphatic carbocycles. The van der Waals surface area contributed by atoms with Gasteiger partial charge in [0.2, 0.25) is 0 Å². The van der Waals surface area contributed by atoms with E-state index in [1.807, 2.05) is 24.4 Å². The standard InChI is InChI=1S/C41H25N3O/c1-2-10-26(11-3-1)33-25-28(22-23-42-33)44-35-16-8-5-14-31(35)41-37(44)20-19-36-40(41)30-13-4-7-15-34(30)43(36)27-18-21-39-32(24-27)29-12-6-9-17-38(29)45-39/h1-25H. The van der Waals surface area contributed by atoms with Crippen molar-refractivity contribution in [1.29, 1.82) is 0 Å². The Morgan fingerprint density at radius 1 is 0.422 bits per heavy atom. The molecule has 0 fully saturated rings. The summed E-state index contributed by atoms with van der Waals surface area (Å²) < 4.78 is 11.0. The van der Waals surface area contributed by atoms with Gasteiger partial charge in [0, 0.05) is 55.5 Å². The normalized spacial score (nSPS) is 12.0. The molecule has 0 aliphatic rings. The number of benzene rings is 6. The second-order valence-electron chi connectivity index (χ2n) is 11.6. The minimum atomic E-state index is 0.901. The minimum absolute atomic E-state index is 0.901. The number of para-hydroxylation sites is 3. The molecule has 0 unspecified atom stereocenters. The highest BCUT2D eigenvalue weighted by Crippen LogP contribution is 2.43. The molecule has 0 atom stereocenters. The fourth-order valence-electron chi connectivity index (χ4n) is 7.25. The Hall–Kier alpha value is -6.13. The molecule has 0 bridgehead atoms. The summed E-state index contributed by atoms with van der Waals surface area (Å²) >= 11 is 0. The SMILES string of the molecule is c1ccc(-c2cc(-n3c4ccccc4c4c5c6ccccc6n(-c6ccc7oc8ccccc8c7c6)c5ccc43)ccn2)cc1. The lowest BCUT2D eigenvalue weighted by Crippen LogP contribution is -1.96. The third kappa shape index (κ3) is 3.45. The first-order valence-electron chi connectivity index (χ1n) is 15.2. The number of rotatable bonds is 3. The highest BCUT2D eigenvalue weighted by atomic mass is 16.3. The quantitative estimate of drug-likeness (QED) is 0.210. The maximum absolute atomic E-state index is 6.17. The first-order valence-corrected chi connectivity index (χ1v) is 15.2. The van der Waals surface area contributed by atoms with E-state index in [1.54, 1.807) is 0 Å². The molecule has 45 heavy (non-hydrogen) atoms. The number of fused-ring (bicyclic) bond motifs is 10. The lowest BCUT2D eigenvalue weighted by atomic mass is 10.1. The molecule has 4 heteroatoms. The second-order valence-corrected chi connectivity index (χ2v) is 11.6. The summed E-state index contributed by atoms with van der Waals surface area (Å²) in [5, 5.41) is 7.23. The Balaban J connectivity index is 1.30. The maximum atomic E-state index is 6.17. The van der Waals surface area contributed by atoms with Gasteiger partial charge in [-0.05, 0) is 60.7 Å². The van der Waals surface area contributed by atoms with Crippen molar-refractivity contribution in [2.45, 2.75) is 0 Å². The van der Waals surface area contributed by atoms with Crippen molar-refractivity contribution in [3.05, 3.63) is 152 Å². The average Bonchev–Trinajstić information content (AvgIpc) is 3.76. The molecule has 0 spiro atoms. The number of pyridine rings is 1. The zero-order valence-corrected chi connectivity index (χ0v) is 24.2. The third-order valence-electron chi connectivity index (χ3n) is 9.16. The van der Waals surface area contributed by atoms with Crippen LogP contribution in [0.3, 0.4) is 0 Å². The highest BCUT2D eigenvalue weighted by molar-refractivity contribution is 6.29. The highest BCUT2D eigenvalue weighted by Gasteiger charge is 2.21. The van der Waals surface area contributed by atoms with Crippen LogP contribution in [0.1, 0.15) is 0 Å². The molecule has 0 saturated heterocycles. The second kappa shape index (κ2) is 9.18. The molecule has 4 nitrogen and oxygen atoms in total. The number of nitrogens with zero attached hydrogens (tertiary/aromatic N) is 3. The summed E-state index contributed by atoms with van der Waals surface area (Å²) in [6, 6.07) is 51.6. The lowest BCUT2D eigenvalue weighted by molar-refractivity contribution is 0.669. The molecule has 10 rings (SSSR count). The van der Waals surface area contributed by atoms with Gasteiger partial charge in [0.15, 0.2) is 0 Å². The van der Waals surface area contributed by atoms with Crippen molar-refractivity contribution >= 4 is 65.6 Å². The van der Waals surface area contributed by atoms with Gasteiger partial charge in [-0.25, -0.2) is 0 Å². The molecule has 210 valence electrons. The molecule has 10 aromatic rings. The molecule has 4 heterocycles. The molecule has 0 saturated carbocycles. The Morgan fingerprint density at radius 3 is 1.71 bits per heavy atom. The molecule has 0 aliphatic heterocycles. The van der Waals surface area contributed by atoms with Crippen LogP contribution in [0.25, 0.3) is 88.2 Å². The van der Waals surface area contributed by atoms with Gasteiger partial charge in [-0.2, -0.15) is 0 Å². The molecular weight excluding hydrogens is 550 g/mol. The van der Waals surface area contributed by atoms with Gasteiger partial charge in [0.25, 0.3) is 0 Å². The average molecular weight is 576 g/mol. The molecule has 0 N–H and O–H groups in total. The molecule has 6 aromatic carbocycles. The summed E-state index contributed by atoms with van der Waals surface area (Å²) in [6.45, 7) is 0. The number of aromatic nitrogens is 3. The van der Waals surface area contributed by atoms with Crippen LogP contribution in [0.15, 0.2) is 156 Å². The third-order valence-corrected chi connectivity index (χ3v) is 9.16. The monoisotopic (exact) mass is 575 g/mol. The van der Waals surface area contributed by atoms with Gasteiger partial charge in [-0.1, -0.05) is 84.9 Å². The van der Waals surface area contributed by atoms with Crippen molar-refractivity contribution in [3.8, 4) is 22.6 Å². The predicted octanol–water partition coefficient (Wildman–Crippen LogP) is 10.8. The zero-order valence-electron chi connectivity index (χ0n) is 24.2. The first kappa shape index (κ1) is 24.3. The van der Waals surface area contributed by atoms with Crippen molar-refractivity contribution in [3.63, 3.8) is 0 Å². The van der Waals surface area contributed by atoms with Crippen molar-refractivity contribution in [1.82, 2.24) is 14.1 Å². The van der Waals surface area contributed by atoms with Gasteiger partial charge >= 0.3 is 0 Å². The van der Waals surface area contributed by atoms with Gasteiger partial charge in [-0.3, -0.25) is 4.98 Å². The summed E-state index contributed by atoms with van der Waals surface area (Å²) in [7, 11) is 0. The van der Waals surface area contributed by atoms with E-state index in [4.69, 9.17) is 9.40 Å². The summed E-state index contributed by atoms with van der Waals surface area (Å²) in [5.41, 5.74) is 10.8. The van der Waals surface area contributed by atoms with E-state index in [0.717, 1.165) is 44.6 Å². The van der Waals surface area contributed by atoms with Crippen molar-refractivity contribution in [2.24, 2.45) is 0 Å². The van der Waals surface area contributed by atoms with E-state index in [1.165, 1.54) is 43.6 Å². The predicted molar refractivity (Wildman–Crippen MR) is 186 cm³/mol. The van der Waals surface area contributed by atoms with Crippen LogP contribution in [0.2, 0.25) is 0 Å². The van der Waals surface area contributed by atoms with Crippen LogP contribution in [0, 0.1) is 0 Å². The number of furan rings is 1. The summed E-state index contributed by atoms with van der Waals surface area (Å²) in [5.74, 6) is 0. The van der Waals surface area contributed by atoms with E-state index in [-0.39, 0.29) is 0 Å². The molecule has 4 aromatic heterocycles. The maximum Gasteiger partial charge on any atom is 0.135 e. The fourth-order valence-corrected chi connectivity index (χ4v) is 7.25. The Bertz CT molecular complexity index is 2760. The van der Waals surface area contributed by atoms with Gasteiger partial charge < -0.3 is 13.6 Å². The van der Waals surface area contributed by atoms with Crippen LogP contribution in [0.4, 0.5) is 0 Å². The Kier molecular flexibility index (Phi) is 4.96. The van der Waals surface area contributed by atoms with E-state index in [2.05, 4.69) is 137 Å². The van der Waals surface area contributed by atoms with Crippen molar-refractivity contribution in [2.75, 3.05) is 0 Å². The molecular formula is C41H25N3O. The Labute approximate surface area is 258 Å². The van der Waals surface area contributed by atoms with E-state index < -0.39 is 0 Å². The number of hydrogen-bond acceptors (Lipinski definition) is 2. The lowest BCUT2D eigenvalue weighted by Gasteiger charge is -2.10. The topological polar surface area (TPSA) is 35.9 Å². The smallest absolute Gasteiger partial charge is 0.135 e. The molecule has 0 radical (unpaired) electrons. The van der Waals surface area contributed by atoms with E-state index >= 15 is 0 Å². The van der Waals surface area contributed by atoms with Gasteiger partial charge in [0.1, 0.15) is 11.2 Å². The fraction of sp³-hybridized carbons (Fsp3) is 0. The first-order chi connectivity index (χ1) is 22.3. The van der Waals surface area contributed by atoms with E-state index in [9.17, 15) is 0 Å². The largest absolute Gasteiger partial charge is 0.456 e.